The van der Waals surface area contributed by atoms with E-state index in [1.54, 1.807) is 13.8 Å². The molecule has 1 aromatic heterocycles. The number of benzene rings is 2. The fourth-order valence-electron chi connectivity index (χ4n) is 4.82. The van der Waals surface area contributed by atoms with Crippen LogP contribution in [0.25, 0.3) is 0 Å². The van der Waals surface area contributed by atoms with Crippen molar-refractivity contribution in [2.75, 3.05) is 18.0 Å². The fourth-order valence-corrected chi connectivity index (χ4v) is 5.50. The van der Waals surface area contributed by atoms with Gasteiger partial charge in [-0.2, -0.15) is 0 Å². The molecule has 200 valence electrons. The number of carbonyl (C=O) groups excluding carboxylic acids is 1. The van der Waals surface area contributed by atoms with E-state index < -0.39 is 17.9 Å². The minimum atomic E-state index is -1.13. The van der Waals surface area contributed by atoms with Crippen LogP contribution in [0, 0.1) is 12.8 Å². The molecule has 3 N–H and O–H groups in total. The number of amides is 1. The van der Waals surface area contributed by atoms with E-state index in [0.717, 1.165) is 36.8 Å². The number of nitrogens with zero attached hydrogens (tertiary/aromatic N) is 3. The molecule has 2 aromatic carbocycles. The molecular weight excluding hydrogens is 548 g/mol. The molecule has 1 aliphatic heterocycles. The lowest BCUT2D eigenvalue weighted by atomic mass is 9.92. The smallest absolute Gasteiger partial charge is 0.326 e. The Kier molecular flexibility index (Phi) is 8.99. The average molecular weight is 582 g/mol. The molecule has 3 aromatic rings. The summed E-state index contributed by atoms with van der Waals surface area (Å²) in [5, 5.41) is 22.0. The molecular formula is C29H33BrN4O4. The lowest BCUT2D eigenvalue weighted by Gasteiger charge is -2.34. The number of hydrogen-bond acceptors (Lipinski definition) is 6. The summed E-state index contributed by atoms with van der Waals surface area (Å²) in [5.74, 6) is -1.33. The molecule has 0 bridgehead atoms. The summed E-state index contributed by atoms with van der Waals surface area (Å²) in [6, 6.07) is 15.9. The van der Waals surface area contributed by atoms with Crippen molar-refractivity contribution in [1.82, 2.24) is 15.3 Å². The largest absolute Gasteiger partial charge is 0.504 e. The molecule has 1 aliphatic rings. The van der Waals surface area contributed by atoms with E-state index in [0.29, 0.717) is 23.9 Å². The van der Waals surface area contributed by atoms with Gasteiger partial charge in [0.05, 0.1) is 11.4 Å². The number of carboxylic acids is 1. The molecule has 0 spiro atoms. The van der Waals surface area contributed by atoms with Crippen molar-refractivity contribution in [2.45, 2.75) is 52.0 Å². The molecule has 1 unspecified atom stereocenters. The van der Waals surface area contributed by atoms with E-state index in [2.05, 4.69) is 78.6 Å². The Hall–Kier alpha value is -3.46. The van der Waals surface area contributed by atoms with Gasteiger partial charge in [-0.1, -0.05) is 43.3 Å². The third-order valence-electron chi connectivity index (χ3n) is 7.02. The Bertz CT molecular complexity index is 1290. The standard InChI is InChI=1S/C29H33BrN4O4/c1-3-23(29(37)38)32-28(36)26-27(35)18(2)31-25(33-26)17-20-11-13-34(14-12-20)24-10-9-21(16-22(24)30)15-19-7-5-4-6-8-19/h4-10,16,20,23,35H,3,11-15,17H2,1-2H3,(H,32,36)(H,37,38). The molecule has 2 heterocycles. The van der Waals surface area contributed by atoms with Crippen molar-refractivity contribution in [2.24, 2.45) is 5.92 Å². The van der Waals surface area contributed by atoms with Gasteiger partial charge in [-0.25, -0.2) is 14.8 Å². The molecule has 1 amide bonds. The van der Waals surface area contributed by atoms with Crippen LogP contribution in [0.1, 0.15) is 59.3 Å². The second kappa shape index (κ2) is 12.4. The van der Waals surface area contributed by atoms with Crippen LogP contribution in [0.4, 0.5) is 5.69 Å². The molecule has 1 atom stereocenters. The highest BCUT2D eigenvalue weighted by atomic mass is 79.9. The highest BCUT2D eigenvalue weighted by Crippen LogP contribution is 2.32. The molecule has 1 fully saturated rings. The van der Waals surface area contributed by atoms with Crippen LogP contribution >= 0.6 is 15.9 Å². The van der Waals surface area contributed by atoms with Gasteiger partial charge >= 0.3 is 5.97 Å². The maximum atomic E-state index is 12.7. The number of anilines is 1. The summed E-state index contributed by atoms with van der Waals surface area (Å²) >= 11 is 3.77. The predicted octanol–water partition coefficient (Wildman–Crippen LogP) is 4.90. The number of rotatable bonds is 9. The molecule has 1 saturated heterocycles. The van der Waals surface area contributed by atoms with E-state index in [9.17, 15) is 19.8 Å². The first-order valence-corrected chi connectivity index (χ1v) is 13.7. The monoisotopic (exact) mass is 580 g/mol. The van der Waals surface area contributed by atoms with Gasteiger partial charge in [-0.05, 0) is 77.7 Å². The predicted molar refractivity (Wildman–Crippen MR) is 150 cm³/mol. The van der Waals surface area contributed by atoms with E-state index in [1.807, 2.05) is 6.07 Å². The summed E-state index contributed by atoms with van der Waals surface area (Å²) in [4.78, 5) is 35.1. The molecule has 4 rings (SSSR count). The zero-order chi connectivity index (χ0) is 27.2. The lowest BCUT2D eigenvalue weighted by Crippen LogP contribution is -2.40. The van der Waals surface area contributed by atoms with Crippen LogP contribution in [0.3, 0.4) is 0 Å². The minimum Gasteiger partial charge on any atom is -0.504 e. The van der Waals surface area contributed by atoms with Crippen LogP contribution < -0.4 is 10.2 Å². The second-order valence-corrected chi connectivity index (χ2v) is 10.6. The zero-order valence-corrected chi connectivity index (χ0v) is 23.2. The number of hydrogen-bond donors (Lipinski definition) is 3. The van der Waals surface area contributed by atoms with Gasteiger partial charge in [0.1, 0.15) is 11.9 Å². The van der Waals surface area contributed by atoms with Gasteiger partial charge < -0.3 is 20.4 Å². The summed E-state index contributed by atoms with van der Waals surface area (Å²) in [6.45, 7) is 5.07. The third-order valence-corrected chi connectivity index (χ3v) is 7.66. The van der Waals surface area contributed by atoms with E-state index >= 15 is 0 Å². The molecule has 0 saturated carbocycles. The van der Waals surface area contributed by atoms with Gasteiger partial charge in [0.2, 0.25) is 0 Å². The molecule has 38 heavy (non-hydrogen) atoms. The molecule has 9 heteroatoms. The Balaban J connectivity index is 1.38. The maximum absolute atomic E-state index is 12.7. The van der Waals surface area contributed by atoms with Gasteiger partial charge in [-0.3, -0.25) is 4.79 Å². The number of carboxylic acid groups (broad SMARTS) is 1. The summed E-state index contributed by atoms with van der Waals surface area (Å²) in [5.41, 5.74) is 3.85. The first-order valence-electron chi connectivity index (χ1n) is 12.9. The number of piperidine rings is 1. The van der Waals surface area contributed by atoms with Crippen molar-refractivity contribution in [3.05, 3.63) is 81.3 Å². The first-order chi connectivity index (χ1) is 18.2. The number of halogens is 1. The SMILES string of the molecule is CCC(NC(=O)c1nc(CC2CCN(c3ccc(Cc4ccccc4)cc3Br)CC2)nc(C)c1O)C(=O)O. The van der Waals surface area contributed by atoms with Gasteiger partial charge in [0.25, 0.3) is 5.91 Å². The topological polar surface area (TPSA) is 116 Å². The van der Waals surface area contributed by atoms with Crippen LogP contribution in [0.2, 0.25) is 0 Å². The lowest BCUT2D eigenvalue weighted by molar-refractivity contribution is -0.139. The number of aromatic hydroxyl groups is 1. The summed E-state index contributed by atoms with van der Waals surface area (Å²) in [6.07, 6.45) is 3.59. The second-order valence-electron chi connectivity index (χ2n) is 9.78. The average Bonchev–Trinajstić information content (AvgIpc) is 2.90. The minimum absolute atomic E-state index is 0.177. The van der Waals surface area contributed by atoms with Crippen LogP contribution in [-0.4, -0.2) is 51.2 Å². The molecule has 0 radical (unpaired) electrons. The Morgan fingerprint density at radius 2 is 1.82 bits per heavy atom. The number of aryl methyl sites for hydroxylation is 1. The van der Waals surface area contributed by atoms with Crippen molar-refractivity contribution in [1.29, 1.82) is 0 Å². The summed E-state index contributed by atoms with van der Waals surface area (Å²) in [7, 11) is 0. The fraction of sp³-hybridized carbons (Fsp3) is 0.379. The van der Waals surface area contributed by atoms with Gasteiger partial charge in [-0.15, -0.1) is 0 Å². The van der Waals surface area contributed by atoms with E-state index in [1.165, 1.54) is 16.8 Å². The van der Waals surface area contributed by atoms with Crippen LogP contribution in [0.5, 0.6) is 5.75 Å². The normalized spacial score (nSPS) is 14.8. The van der Waals surface area contributed by atoms with E-state index in [4.69, 9.17) is 0 Å². The van der Waals surface area contributed by atoms with Crippen LogP contribution in [0.15, 0.2) is 53.0 Å². The van der Waals surface area contributed by atoms with Gasteiger partial charge in [0, 0.05) is 24.0 Å². The van der Waals surface area contributed by atoms with Crippen molar-refractivity contribution < 1.29 is 19.8 Å². The van der Waals surface area contributed by atoms with Crippen molar-refractivity contribution in [3.63, 3.8) is 0 Å². The number of aliphatic carboxylic acids is 1. The van der Waals surface area contributed by atoms with Gasteiger partial charge in [0.15, 0.2) is 11.4 Å². The first kappa shape index (κ1) is 27.6. The number of nitrogens with one attached hydrogen (secondary N) is 1. The molecule has 0 aliphatic carbocycles. The van der Waals surface area contributed by atoms with Crippen molar-refractivity contribution >= 4 is 33.5 Å². The highest BCUT2D eigenvalue weighted by molar-refractivity contribution is 9.10. The quantitative estimate of drug-likeness (QED) is 0.330. The number of carbonyl (C=O) groups is 2. The third kappa shape index (κ3) is 6.69. The van der Waals surface area contributed by atoms with E-state index in [-0.39, 0.29) is 17.9 Å². The van der Waals surface area contributed by atoms with Crippen molar-refractivity contribution in [3.8, 4) is 5.75 Å². The number of aromatic nitrogens is 2. The highest BCUT2D eigenvalue weighted by Gasteiger charge is 2.26. The zero-order valence-electron chi connectivity index (χ0n) is 21.7. The Morgan fingerprint density at radius 1 is 1.11 bits per heavy atom. The Morgan fingerprint density at radius 3 is 2.45 bits per heavy atom. The van der Waals surface area contributed by atoms with Crippen LogP contribution in [-0.2, 0) is 17.6 Å². The molecule has 8 nitrogen and oxygen atoms in total. The maximum Gasteiger partial charge on any atom is 0.326 e. The summed E-state index contributed by atoms with van der Waals surface area (Å²) < 4.78 is 1.09. The Labute approximate surface area is 231 Å².